The fourth-order valence-corrected chi connectivity index (χ4v) is 4.48. The molecule has 30 heavy (non-hydrogen) atoms. The predicted molar refractivity (Wildman–Crippen MR) is 116 cm³/mol. The van der Waals surface area contributed by atoms with Gasteiger partial charge in [-0.05, 0) is 24.0 Å². The van der Waals surface area contributed by atoms with Crippen molar-refractivity contribution < 1.29 is 14.3 Å². The number of hydrogen-bond acceptors (Lipinski definition) is 5. The lowest BCUT2D eigenvalue weighted by Gasteiger charge is -2.32. The zero-order valence-corrected chi connectivity index (χ0v) is 17.8. The quantitative estimate of drug-likeness (QED) is 0.804. The van der Waals surface area contributed by atoms with E-state index in [1.54, 1.807) is 11.8 Å². The van der Waals surface area contributed by atoms with E-state index in [-0.39, 0.29) is 17.9 Å². The van der Waals surface area contributed by atoms with Gasteiger partial charge in [-0.3, -0.25) is 14.6 Å². The molecule has 2 saturated heterocycles. The van der Waals surface area contributed by atoms with Crippen molar-refractivity contribution >= 4 is 23.2 Å². The number of carbonyl (C=O) groups excluding carboxylic acids is 2. The SMILES string of the molecule is CC(=O)N1CCC(=NC2CCOCC2)C(=C(N)c2cccc3c2CC(=O)N(C)C3)C1. The van der Waals surface area contributed by atoms with Crippen LogP contribution in [0.1, 0.15) is 42.9 Å². The summed E-state index contributed by atoms with van der Waals surface area (Å²) in [6, 6.07) is 6.27. The van der Waals surface area contributed by atoms with Crippen LogP contribution in [0.3, 0.4) is 0 Å². The minimum Gasteiger partial charge on any atom is -0.398 e. The molecule has 0 radical (unpaired) electrons. The molecule has 0 spiro atoms. The first-order valence-electron chi connectivity index (χ1n) is 10.7. The summed E-state index contributed by atoms with van der Waals surface area (Å²) in [7, 11) is 1.82. The molecule has 3 heterocycles. The highest BCUT2D eigenvalue weighted by atomic mass is 16.5. The van der Waals surface area contributed by atoms with Gasteiger partial charge >= 0.3 is 0 Å². The number of likely N-dealkylation sites (N-methyl/N-ethyl adjacent to an activating group) is 1. The molecule has 2 N–H and O–H groups in total. The van der Waals surface area contributed by atoms with Crippen molar-refractivity contribution in [3.63, 3.8) is 0 Å². The third kappa shape index (κ3) is 4.12. The first kappa shape index (κ1) is 20.6. The Kier molecular flexibility index (Phi) is 5.90. The molecule has 0 aromatic heterocycles. The summed E-state index contributed by atoms with van der Waals surface area (Å²) in [5.41, 5.74) is 12.3. The Balaban J connectivity index is 1.76. The van der Waals surface area contributed by atoms with Crippen molar-refractivity contribution in [2.45, 2.75) is 45.2 Å². The number of rotatable bonds is 2. The van der Waals surface area contributed by atoms with Crippen LogP contribution >= 0.6 is 0 Å². The number of fused-ring (bicyclic) bond motifs is 1. The van der Waals surface area contributed by atoms with Gasteiger partial charge in [-0.15, -0.1) is 0 Å². The molecule has 3 aliphatic heterocycles. The van der Waals surface area contributed by atoms with Gasteiger partial charge in [-0.2, -0.15) is 0 Å². The van der Waals surface area contributed by atoms with Gasteiger partial charge in [-0.1, -0.05) is 18.2 Å². The first-order chi connectivity index (χ1) is 14.4. The van der Waals surface area contributed by atoms with E-state index in [1.807, 2.05) is 24.1 Å². The summed E-state index contributed by atoms with van der Waals surface area (Å²) in [6.45, 7) is 4.76. The number of nitrogens with zero attached hydrogens (tertiary/aromatic N) is 3. The van der Waals surface area contributed by atoms with Gasteiger partial charge in [0, 0.05) is 75.8 Å². The van der Waals surface area contributed by atoms with Crippen LogP contribution in [-0.2, 0) is 27.3 Å². The molecule has 0 aliphatic carbocycles. The maximum absolute atomic E-state index is 12.4. The third-order valence-corrected chi connectivity index (χ3v) is 6.34. The number of carbonyl (C=O) groups is 2. The van der Waals surface area contributed by atoms with Gasteiger partial charge < -0.3 is 20.3 Å². The van der Waals surface area contributed by atoms with E-state index in [4.69, 9.17) is 15.5 Å². The number of amides is 2. The Morgan fingerprint density at radius 1 is 1.23 bits per heavy atom. The fourth-order valence-electron chi connectivity index (χ4n) is 4.48. The number of aliphatic imine (C=N–C) groups is 1. The van der Waals surface area contributed by atoms with E-state index in [0.29, 0.717) is 38.2 Å². The van der Waals surface area contributed by atoms with E-state index in [2.05, 4.69) is 6.07 Å². The fraction of sp³-hybridized carbons (Fsp3) is 0.522. The van der Waals surface area contributed by atoms with E-state index in [0.717, 1.165) is 54.0 Å². The van der Waals surface area contributed by atoms with Crippen molar-refractivity contribution in [2.24, 2.45) is 10.7 Å². The summed E-state index contributed by atoms with van der Waals surface area (Å²) < 4.78 is 5.47. The van der Waals surface area contributed by atoms with Crippen molar-refractivity contribution in [3.8, 4) is 0 Å². The van der Waals surface area contributed by atoms with Gasteiger partial charge in [0.2, 0.25) is 11.8 Å². The number of ether oxygens (including phenoxy) is 1. The first-order valence-corrected chi connectivity index (χ1v) is 10.7. The Bertz CT molecular complexity index is 915. The lowest BCUT2D eigenvalue weighted by Crippen LogP contribution is -2.40. The number of nitrogens with two attached hydrogens (primary N) is 1. The number of piperidine rings is 1. The average molecular weight is 411 g/mol. The zero-order chi connectivity index (χ0) is 21.3. The van der Waals surface area contributed by atoms with Gasteiger partial charge in [0.25, 0.3) is 0 Å². The molecule has 2 fully saturated rings. The topological polar surface area (TPSA) is 88.2 Å². The van der Waals surface area contributed by atoms with Crippen LogP contribution in [-0.4, -0.2) is 66.7 Å². The van der Waals surface area contributed by atoms with Crippen molar-refractivity contribution in [1.29, 1.82) is 0 Å². The summed E-state index contributed by atoms with van der Waals surface area (Å²) in [5, 5.41) is 0. The summed E-state index contributed by atoms with van der Waals surface area (Å²) >= 11 is 0. The molecule has 4 rings (SSSR count). The van der Waals surface area contributed by atoms with Gasteiger partial charge in [0.05, 0.1) is 12.5 Å². The molecule has 7 nitrogen and oxygen atoms in total. The number of benzene rings is 1. The Morgan fingerprint density at radius 3 is 2.73 bits per heavy atom. The van der Waals surface area contributed by atoms with Crippen LogP contribution in [0.15, 0.2) is 28.8 Å². The second-order valence-corrected chi connectivity index (χ2v) is 8.37. The molecule has 0 unspecified atom stereocenters. The van der Waals surface area contributed by atoms with E-state index >= 15 is 0 Å². The van der Waals surface area contributed by atoms with Crippen LogP contribution in [0.5, 0.6) is 0 Å². The largest absolute Gasteiger partial charge is 0.398 e. The lowest BCUT2D eigenvalue weighted by atomic mass is 9.89. The monoisotopic (exact) mass is 410 g/mol. The zero-order valence-electron chi connectivity index (χ0n) is 17.8. The molecule has 7 heteroatoms. The maximum Gasteiger partial charge on any atom is 0.227 e. The Hall–Kier alpha value is -2.67. The second kappa shape index (κ2) is 8.60. The molecular weight excluding hydrogens is 380 g/mol. The molecule has 160 valence electrons. The third-order valence-electron chi connectivity index (χ3n) is 6.34. The summed E-state index contributed by atoms with van der Waals surface area (Å²) in [6.07, 6.45) is 2.87. The average Bonchev–Trinajstić information content (AvgIpc) is 2.74. The molecule has 1 aromatic rings. The minimum atomic E-state index is 0.0392. The van der Waals surface area contributed by atoms with Crippen LogP contribution in [0.2, 0.25) is 0 Å². The highest BCUT2D eigenvalue weighted by molar-refractivity contribution is 6.08. The van der Waals surface area contributed by atoms with Crippen molar-refractivity contribution in [3.05, 3.63) is 40.5 Å². The predicted octanol–water partition coefficient (Wildman–Crippen LogP) is 1.74. The van der Waals surface area contributed by atoms with Crippen LogP contribution < -0.4 is 5.73 Å². The normalized spacial score (nSPS) is 23.5. The van der Waals surface area contributed by atoms with E-state index in [1.165, 1.54) is 0 Å². The Morgan fingerprint density at radius 2 is 2.00 bits per heavy atom. The van der Waals surface area contributed by atoms with E-state index in [9.17, 15) is 9.59 Å². The molecule has 3 aliphatic rings. The highest BCUT2D eigenvalue weighted by Crippen LogP contribution is 2.29. The van der Waals surface area contributed by atoms with Gasteiger partial charge in [0.15, 0.2) is 0 Å². The number of likely N-dealkylation sites (tertiary alicyclic amines) is 1. The molecule has 0 saturated carbocycles. The summed E-state index contributed by atoms with van der Waals surface area (Å²) in [4.78, 5) is 33.0. The van der Waals surface area contributed by atoms with Crippen molar-refractivity contribution in [1.82, 2.24) is 9.80 Å². The van der Waals surface area contributed by atoms with Crippen LogP contribution in [0.25, 0.3) is 5.70 Å². The molecular formula is C23H30N4O3. The molecule has 1 aromatic carbocycles. The smallest absolute Gasteiger partial charge is 0.227 e. The highest BCUT2D eigenvalue weighted by Gasteiger charge is 2.28. The molecule has 0 atom stereocenters. The Labute approximate surface area is 177 Å². The molecule has 2 amide bonds. The maximum atomic E-state index is 12.4. The van der Waals surface area contributed by atoms with Crippen LogP contribution in [0, 0.1) is 0 Å². The van der Waals surface area contributed by atoms with Crippen molar-refractivity contribution in [2.75, 3.05) is 33.4 Å². The standard InChI is InChI=1S/C23H30N4O3/c1-15(28)27-9-6-21(25-17-7-10-30-11-8-17)20(14-27)23(24)18-5-3-4-16-13-26(2)22(29)12-19(16)18/h3-5,17H,6-14,24H2,1-2H3. The van der Waals surface area contributed by atoms with E-state index < -0.39 is 0 Å². The second-order valence-electron chi connectivity index (χ2n) is 8.37. The van der Waals surface area contributed by atoms with Gasteiger partial charge in [0.1, 0.15) is 0 Å². The summed E-state index contributed by atoms with van der Waals surface area (Å²) in [5.74, 6) is 0.134. The van der Waals surface area contributed by atoms with Gasteiger partial charge in [-0.25, -0.2) is 0 Å². The minimum absolute atomic E-state index is 0.0392. The van der Waals surface area contributed by atoms with Crippen LogP contribution in [0.4, 0.5) is 0 Å². The number of hydrogen-bond donors (Lipinski definition) is 1. The lowest BCUT2D eigenvalue weighted by molar-refractivity contribution is -0.130. The molecule has 0 bridgehead atoms.